The number of anilines is 2. The van der Waals surface area contributed by atoms with Crippen LogP contribution in [0, 0.1) is 0 Å². The highest BCUT2D eigenvalue weighted by Gasteiger charge is 2.20. The van der Waals surface area contributed by atoms with E-state index in [1.807, 2.05) is 18.2 Å². The fourth-order valence-electron chi connectivity index (χ4n) is 3.68. The summed E-state index contributed by atoms with van der Waals surface area (Å²) >= 11 is 5.90. The van der Waals surface area contributed by atoms with E-state index in [-0.39, 0.29) is 35.8 Å². The van der Waals surface area contributed by atoms with Crippen molar-refractivity contribution in [2.24, 2.45) is 0 Å². The molecule has 1 atom stereocenters. The molecule has 1 aromatic heterocycles. The van der Waals surface area contributed by atoms with Crippen molar-refractivity contribution in [3.05, 3.63) is 71.0 Å². The lowest BCUT2D eigenvalue weighted by Crippen LogP contribution is -2.46. The van der Waals surface area contributed by atoms with Crippen molar-refractivity contribution in [3.8, 4) is 11.3 Å². The van der Waals surface area contributed by atoms with Gasteiger partial charge in [0.1, 0.15) is 0 Å². The molecule has 0 bridgehead atoms. The molecule has 5 N–H and O–H groups in total. The lowest BCUT2D eigenvalue weighted by atomic mass is 10.1. The molecule has 0 spiro atoms. The zero-order chi connectivity index (χ0) is 23.2. The molecule has 0 aliphatic carbocycles. The summed E-state index contributed by atoms with van der Waals surface area (Å²) in [5.74, 6) is -0.422. The third-order valence-corrected chi connectivity index (χ3v) is 5.62. The summed E-state index contributed by atoms with van der Waals surface area (Å²) in [6.45, 7) is 1.67. The normalized spacial score (nSPS) is 15.6. The number of benzene rings is 2. The summed E-state index contributed by atoms with van der Waals surface area (Å²) in [7, 11) is 0. The van der Waals surface area contributed by atoms with Gasteiger partial charge in [0.05, 0.1) is 18.3 Å². The third-order valence-electron chi connectivity index (χ3n) is 5.37. The quantitative estimate of drug-likeness (QED) is 0.444. The van der Waals surface area contributed by atoms with Gasteiger partial charge in [0.15, 0.2) is 11.5 Å². The fourth-order valence-corrected chi connectivity index (χ4v) is 3.81. The molecule has 0 saturated carbocycles. The average molecular weight is 465 g/mol. The Kier molecular flexibility index (Phi) is 7.16. The second kappa shape index (κ2) is 10.4. The van der Waals surface area contributed by atoms with Crippen LogP contribution < -0.4 is 21.7 Å². The molecule has 1 unspecified atom stereocenters. The van der Waals surface area contributed by atoms with Gasteiger partial charge in [0.25, 0.3) is 5.91 Å². The van der Waals surface area contributed by atoms with Crippen LogP contribution in [0.4, 0.5) is 11.5 Å². The highest BCUT2D eigenvalue weighted by Crippen LogP contribution is 2.22. The zero-order valence-electron chi connectivity index (χ0n) is 18.0. The number of nitrogens with one attached hydrogen (secondary N) is 3. The van der Waals surface area contributed by atoms with Crippen LogP contribution in [-0.2, 0) is 11.2 Å². The number of aromatic nitrogens is 2. The maximum Gasteiger partial charge on any atom is 0.274 e. The Balaban J connectivity index is 1.47. The van der Waals surface area contributed by atoms with Crippen molar-refractivity contribution >= 4 is 34.9 Å². The van der Waals surface area contributed by atoms with Gasteiger partial charge >= 0.3 is 0 Å². The molecule has 2 amide bonds. The maximum absolute atomic E-state index is 12.7. The number of hydrogen-bond donors (Lipinski definition) is 4. The molecule has 4 rings (SSSR count). The maximum atomic E-state index is 12.7. The highest BCUT2D eigenvalue weighted by molar-refractivity contribution is 6.30. The molecule has 3 aromatic rings. The lowest BCUT2D eigenvalue weighted by molar-refractivity contribution is -0.115. The van der Waals surface area contributed by atoms with Gasteiger partial charge < -0.3 is 21.7 Å². The minimum Gasteiger partial charge on any atom is -0.382 e. The Bertz CT molecular complexity index is 1150. The van der Waals surface area contributed by atoms with E-state index in [2.05, 4.69) is 25.9 Å². The summed E-state index contributed by atoms with van der Waals surface area (Å²) < 4.78 is 0. The zero-order valence-corrected chi connectivity index (χ0v) is 18.7. The number of carbonyl (C=O) groups excluding carboxylic acids is 2. The van der Waals surface area contributed by atoms with Crippen LogP contribution in [0.5, 0.6) is 0 Å². The third kappa shape index (κ3) is 6.06. The molecule has 170 valence electrons. The van der Waals surface area contributed by atoms with Crippen molar-refractivity contribution in [1.29, 1.82) is 0 Å². The van der Waals surface area contributed by atoms with Gasteiger partial charge in [0, 0.05) is 28.9 Å². The topological polar surface area (TPSA) is 122 Å². The first-order valence-corrected chi connectivity index (χ1v) is 11.1. The van der Waals surface area contributed by atoms with Crippen LogP contribution in [-0.4, -0.2) is 40.9 Å². The average Bonchev–Trinajstić information content (AvgIpc) is 2.81. The minimum absolute atomic E-state index is 0.0373. The Labute approximate surface area is 197 Å². The predicted octanol–water partition coefficient (Wildman–Crippen LogP) is 3.04. The van der Waals surface area contributed by atoms with Gasteiger partial charge in [-0.25, -0.2) is 9.97 Å². The van der Waals surface area contributed by atoms with Gasteiger partial charge in [-0.05, 0) is 49.2 Å². The van der Waals surface area contributed by atoms with Gasteiger partial charge in [-0.15, -0.1) is 0 Å². The smallest absolute Gasteiger partial charge is 0.274 e. The molecule has 9 heteroatoms. The molecule has 0 radical (unpaired) electrons. The first kappa shape index (κ1) is 22.7. The van der Waals surface area contributed by atoms with E-state index in [9.17, 15) is 9.59 Å². The SMILES string of the molecule is Nc1ncc(-c2cccc(NC(=O)Cc3ccc(Cl)cc3)c2)nc1C(=O)NC1CCCNC1. The molecule has 33 heavy (non-hydrogen) atoms. The Morgan fingerprint density at radius 2 is 2.00 bits per heavy atom. The number of nitrogens with two attached hydrogens (primary N) is 1. The minimum atomic E-state index is -0.344. The molecule has 1 fully saturated rings. The van der Waals surface area contributed by atoms with E-state index in [4.69, 9.17) is 17.3 Å². The van der Waals surface area contributed by atoms with E-state index in [1.165, 1.54) is 6.20 Å². The number of carbonyl (C=O) groups is 2. The Morgan fingerprint density at radius 1 is 1.18 bits per heavy atom. The standard InChI is InChI=1S/C24H25ClN6O2/c25-17-8-6-15(7-9-17)11-21(32)29-18-4-1-3-16(12-18)20-14-28-23(26)22(31-20)24(33)30-19-5-2-10-27-13-19/h1,3-4,6-9,12,14,19,27H,2,5,10-11,13H2,(H2,26,28)(H,29,32)(H,30,33). The van der Waals surface area contributed by atoms with E-state index < -0.39 is 0 Å². The molecule has 1 aliphatic heterocycles. The summed E-state index contributed by atoms with van der Waals surface area (Å²) in [4.78, 5) is 33.8. The molecular weight excluding hydrogens is 440 g/mol. The number of amides is 2. The van der Waals surface area contributed by atoms with Gasteiger partial charge in [-0.2, -0.15) is 0 Å². The second-order valence-electron chi connectivity index (χ2n) is 7.94. The van der Waals surface area contributed by atoms with Gasteiger partial charge in [0.2, 0.25) is 5.91 Å². The van der Waals surface area contributed by atoms with Crippen LogP contribution in [0.25, 0.3) is 11.3 Å². The Morgan fingerprint density at radius 3 is 2.76 bits per heavy atom. The molecule has 2 heterocycles. The number of nitrogens with zero attached hydrogens (tertiary/aromatic N) is 2. The highest BCUT2D eigenvalue weighted by atomic mass is 35.5. The van der Waals surface area contributed by atoms with E-state index in [1.54, 1.807) is 30.3 Å². The largest absolute Gasteiger partial charge is 0.382 e. The van der Waals surface area contributed by atoms with Gasteiger partial charge in [-0.1, -0.05) is 35.9 Å². The summed E-state index contributed by atoms with van der Waals surface area (Å²) in [5.41, 5.74) is 8.71. The van der Waals surface area contributed by atoms with Crippen LogP contribution in [0.2, 0.25) is 5.02 Å². The number of rotatable bonds is 6. The summed E-state index contributed by atoms with van der Waals surface area (Å²) in [6, 6.07) is 14.4. The Hall–Kier alpha value is -3.49. The van der Waals surface area contributed by atoms with Crippen LogP contribution in [0.1, 0.15) is 28.9 Å². The molecule has 1 aliphatic rings. The van der Waals surface area contributed by atoms with Crippen LogP contribution in [0.3, 0.4) is 0 Å². The number of piperidine rings is 1. The predicted molar refractivity (Wildman–Crippen MR) is 129 cm³/mol. The van der Waals surface area contributed by atoms with Crippen molar-refractivity contribution in [1.82, 2.24) is 20.6 Å². The van der Waals surface area contributed by atoms with Crippen LogP contribution >= 0.6 is 11.6 Å². The lowest BCUT2D eigenvalue weighted by Gasteiger charge is -2.23. The van der Waals surface area contributed by atoms with E-state index >= 15 is 0 Å². The van der Waals surface area contributed by atoms with Crippen LogP contribution in [0.15, 0.2) is 54.7 Å². The number of hydrogen-bond acceptors (Lipinski definition) is 6. The van der Waals surface area contributed by atoms with Gasteiger partial charge in [-0.3, -0.25) is 9.59 Å². The van der Waals surface area contributed by atoms with Crippen molar-refractivity contribution in [2.75, 3.05) is 24.1 Å². The summed E-state index contributed by atoms with van der Waals surface area (Å²) in [5, 5.41) is 9.74. The number of nitrogen functional groups attached to an aromatic ring is 1. The molecule has 1 saturated heterocycles. The summed E-state index contributed by atoms with van der Waals surface area (Å²) in [6.07, 6.45) is 3.65. The first-order valence-electron chi connectivity index (χ1n) is 10.8. The molecular formula is C24H25ClN6O2. The molecule has 8 nitrogen and oxygen atoms in total. The number of halogens is 1. The van der Waals surface area contributed by atoms with Crippen molar-refractivity contribution < 1.29 is 9.59 Å². The fraction of sp³-hybridized carbons (Fsp3) is 0.250. The van der Waals surface area contributed by atoms with Crippen molar-refractivity contribution in [2.45, 2.75) is 25.3 Å². The van der Waals surface area contributed by atoms with E-state index in [0.717, 1.165) is 31.5 Å². The van der Waals surface area contributed by atoms with E-state index in [0.29, 0.717) is 22.0 Å². The first-order chi connectivity index (χ1) is 16.0. The second-order valence-corrected chi connectivity index (χ2v) is 8.37. The molecule has 2 aromatic carbocycles. The van der Waals surface area contributed by atoms with Crippen molar-refractivity contribution in [3.63, 3.8) is 0 Å². The monoisotopic (exact) mass is 464 g/mol.